The summed E-state index contributed by atoms with van der Waals surface area (Å²) in [5.74, 6) is -0.577. The van der Waals surface area contributed by atoms with Gasteiger partial charge in [0.1, 0.15) is 5.54 Å². The first-order valence-corrected chi connectivity index (χ1v) is 8.98. The predicted octanol–water partition coefficient (Wildman–Crippen LogP) is 2.60. The van der Waals surface area contributed by atoms with Crippen molar-refractivity contribution >= 4 is 23.8 Å². The highest BCUT2D eigenvalue weighted by Crippen LogP contribution is 2.42. The van der Waals surface area contributed by atoms with Gasteiger partial charge < -0.3 is 15.7 Å². The molecule has 0 bridgehead atoms. The van der Waals surface area contributed by atoms with Crippen molar-refractivity contribution in [3.63, 3.8) is 0 Å². The number of hydrogen-bond donors (Lipinski definition) is 3. The topological polar surface area (TPSA) is 78.4 Å². The van der Waals surface area contributed by atoms with E-state index in [2.05, 4.69) is 16.9 Å². The molecule has 0 heterocycles. The monoisotopic (exact) mass is 314 g/mol. The van der Waals surface area contributed by atoms with Gasteiger partial charge in [0.15, 0.2) is 0 Å². The van der Waals surface area contributed by atoms with Gasteiger partial charge in [0.2, 0.25) is 0 Å². The Kier molecular flexibility index (Phi) is 5.07. The molecule has 2 aliphatic carbocycles. The zero-order valence-electron chi connectivity index (χ0n) is 12.9. The van der Waals surface area contributed by atoms with Crippen LogP contribution in [0.15, 0.2) is 0 Å². The van der Waals surface area contributed by atoms with Crippen molar-refractivity contribution in [2.24, 2.45) is 5.92 Å². The molecule has 0 aromatic carbocycles. The molecule has 2 fully saturated rings. The molecule has 2 rings (SSSR count). The van der Waals surface area contributed by atoms with Crippen LogP contribution in [0.5, 0.6) is 0 Å². The van der Waals surface area contributed by atoms with Crippen LogP contribution in [0.25, 0.3) is 0 Å². The molecular weight excluding hydrogens is 288 g/mol. The normalized spacial score (nSPS) is 31.0. The fourth-order valence-corrected chi connectivity index (χ4v) is 4.35. The summed E-state index contributed by atoms with van der Waals surface area (Å²) in [6.45, 7) is 2.67. The van der Waals surface area contributed by atoms with Crippen LogP contribution in [0.4, 0.5) is 4.79 Å². The van der Waals surface area contributed by atoms with Crippen molar-refractivity contribution in [3.05, 3.63) is 0 Å². The lowest BCUT2D eigenvalue weighted by Gasteiger charge is -2.41. The molecule has 3 N–H and O–H groups in total. The maximum absolute atomic E-state index is 12.1. The first-order valence-electron chi connectivity index (χ1n) is 7.76. The minimum atomic E-state index is -1.09. The van der Waals surface area contributed by atoms with Gasteiger partial charge in [-0.25, -0.2) is 9.59 Å². The molecule has 0 aromatic rings. The van der Waals surface area contributed by atoms with E-state index in [-0.39, 0.29) is 10.8 Å². The highest BCUT2D eigenvalue weighted by atomic mass is 32.2. The number of carboxylic acid groups (broad SMARTS) is 1. The van der Waals surface area contributed by atoms with Crippen LogP contribution in [0.2, 0.25) is 0 Å². The Morgan fingerprint density at radius 3 is 2.48 bits per heavy atom. The molecule has 0 aromatic heterocycles. The molecule has 0 aliphatic heterocycles. The molecule has 120 valence electrons. The third-order valence-electron chi connectivity index (χ3n) is 5.03. The quantitative estimate of drug-likeness (QED) is 0.729. The van der Waals surface area contributed by atoms with E-state index in [1.54, 1.807) is 11.8 Å². The number of urea groups is 1. The molecule has 0 spiro atoms. The average molecular weight is 314 g/mol. The van der Waals surface area contributed by atoms with Crippen molar-refractivity contribution < 1.29 is 14.7 Å². The highest BCUT2D eigenvalue weighted by molar-refractivity contribution is 8.00. The van der Waals surface area contributed by atoms with Crippen LogP contribution in [0.1, 0.15) is 51.9 Å². The summed E-state index contributed by atoms with van der Waals surface area (Å²) in [4.78, 5) is 23.8. The first-order chi connectivity index (χ1) is 9.91. The summed E-state index contributed by atoms with van der Waals surface area (Å²) in [6.07, 6.45) is 8.44. The fourth-order valence-electron chi connectivity index (χ4n) is 3.44. The molecule has 2 unspecified atom stereocenters. The minimum absolute atomic E-state index is 0.160. The van der Waals surface area contributed by atoms with Crippen LogP contribution in [0, 0.1) is 5.92 Å². The lowest BCUT2D eigenvalue weighted by Crippen LogP contribution is -2.60. The SMILES string of the molecule is CSC1(CNC(=O)NC2(C(=O)O)CCCC(C)C2)CCC1. The molecule has 0 radical (unpaired) electrons. The van der Waals surface area contributed by atoms with Gasteiger partial charge in [0.25, 0.3) is 0 Å². The van der Waals surface area contributed by atoms with Gasteiger partial charge in [-0.05, 0) is 37.9 Å². The number of carboxylic acids is 1. The number of carbonyl (C=O) groups is 2. The Balaban J connectivity index is 1.91. The van der Waals surface area contributed by atoms with E-state index in [4.69, 9.17) is 0 Å². The number of rotatable bonds is 5. The van der Waals surface area contributed by atoms with Crippen LogP contribution < -0.4 is 10.6 Å². The zero-order valence-corrected chi connectivity index (χ0v) is 13.7. The van der Waals surface area contributed by atoms with Gasteiger partial charge in [-0.15, -0.1) is 0 Å². The summed E-state index contributed by atoms with van der Waals surface area (Å²) in [6, 6.07) is -0.341. The van der Waals surface area contributed by atoms with Gasteiger partial charge >= 0.3 is 12.0 Å². The molecule has 0 saturated heterocycles. The Bertz CT molecular complexity index is 406. The van der Waals surface area contributed by atoms with Gasteiger partial charge in [0, 0.05) is 11.3 Å². The van der Waals surface area contributed by atoms with Crippen molar-refractivity contribution in [2.45, 2.75) is 62.2 Å². The summed E-state index contributed by atoms with van der Waals surface area (Å²) >= 11 is 1.79. The van der Waals surface area contributed by atoms with Gasteiger partial charge in [-0.2, -0.15) is 11.8 Å². The van der Waals surface area contributed by atoms with Crippen LogP contribution in [-0.4, -0.2) is 40.2 Å². The van der Waals surface area contributed by atoms with Crippen molar-refractivity contribution in [1.82, 2.24) is 10.6 Å². The number of nitrogens with one attached hydrogen (secondary N) is 2. The molecule has 2 atom stereocenters. The second-order valence-electron chi connectivity index (χ2n) is 6.64. The number of amides is 2. The van der Waals surface area contributed by atoms with E-state index >= 15 is 0 Å². The highest BCUT2D eigenvalue weighted by Gasteiger charge is 2.43. The third kappa shape index (κ3) is 3.65. The average Bonchev–Trinajstić information content (AvgIpc) is 2.37. The van der Waals surface area contributed by atoms with Gasteiger partial charge in [-0.3, -0.25) is 0 Å². The lowest BCUT2D eigenvalue weighted by atomic mass is 9.76. The molecule has 6 heteroatoms. The standard InChI is InChI=1S/C15H26N2O3S/c1-11-5-3-8-15(9-11,12(18)19)17-13(20)16-10-14(21-2)6-4-7-14/h11H,3-10H2,1-2H3,(H,18,19)(H2,16,17,20). The van der Waals surface area contributed by atoms with E-state index in [9.17, 15) is 14.7 Å². The molecule has 5 nitrogen and oxygen atoms in total. The number of hydrogen-bond acceptors (Lipinski definition) is 3. The van der Waals surface area contributed by atoms with Gasteiger partial charge in [0.05, 0.1) is 0 Å². The van der Waals surface area contributed by atoms with Crippen molar-refractivity contribution in [2.75, 3.05) is 12.8 Å². The van der Waals surface area contributed by atoms with E-state index in [0.29, 0.717) is 25.3 Å². The molecule has 21 heavy (non-hydrogen) atoms. The maximum atomic E-state index is 12.1. The Morgan fingerprint density at radius 1 is 1.29 bits per heavy atom. The fraction of sp³-hybridized carbons (Fsp3) is 0.867. The Labute approximate surface area is 130 Å². The van der Waals surface area contributed by atoms with Crippen LogP contribution in [0.3, 0.4) is 0 Å². The number of aliphatic carboxylic acids is 1. The Morgan fingerprint density at radius 2 is 2.00 bits per heavy atom. The maximum Gasteiger partial charge on any atom is 0.329 e. The largest absolute Gasteiger partial charge is 0.480 e. The summed E-state index contributed by atoms with van der Waals surface area (Å²) in [7, 11) is 0. The van der Waals surface area contributed by atoms with Crippen molar-refractivity contribution in [1.29, 1.82) is 0 Å². The number of carbonyl (C=O) groups excluding carboxylic acids is 1. The van der Waals surface area contributed by atoms with Gasteiger partial charge in [-0.1, -0.05) is 26.2 Å². The summed E-state index contributed by atoms with van der Waals surface area (Å²) in [5, 5.41) is 15.2. The van der Waals surface area contributed by atoms with E-state index in [1.165, 1.54) is 6.42 Å². The third-order valence-corrected chi connectivity index (χ3v) is 6.45. The van der Waals surface area contributed by atoms with E-state index < -0.39 is 11.5 Å². The number of thioether (sulfide) groups is 1. The molecule has 2 saturated carbocycles. The summed E-state index contributed by atoms with van der Waals surface area (Å²) in [5.41, 5.74) is -1.09. The van der Waals surface area contributed by atoms with E-state index in [0.717, 1.165) is 25.7 Å². The van der Waals surface area contributed by atoms with Crippen LogP contribution in [-0.2, 0) is 4.79 Å². The summed E-state index contributed by atoms with van der Waals surface area (Å²) < 4.78 is 0.160. The molecule has 2 amide bonds. The zero-order chi connectivity index (χ0) is 15.5. The molecule has 2 aliphatic rings. The lowest BCUT2D eigenvalue weighted by molar-refractivity contribution is -0.146. The minimum Gasteiger partial charge on any atom is -0.480 e. The first kappa shape index (κ1) is 16.5. The molecular formula is C15H26N2O3S. The smallest absolute Gasteiger partial charge is 0.329 e. The second kappa shape index (κ2) is 6.46. The van der Waals surface area contributed by atoms with Crippen LogP contribution >= 0.6 is 11.8 Å². The second-order valence-corrected chi connectivity index (χ2v) is 7.91. The van der Waals surface area contributed by atoms with E-state index in [1.807, 2.05) is 6.92 Å². The predicted molar refractivity (Wildman–Crippen MR) is 84.6 cm³/mol. The van der Waals surface area contributed by atoms with Crippen molar-refractivity contribution in [3.8, 4) is 0 Å². The Hall–Kier alpha value is -0.910.